The largest absolute Gasteiger partial charge is 0.494 e. The lowest BCUT2D eigenvalue weighted by Gasteiger charge is -2.30. The molecular weight excluding hydrogens is 394 g/mol. The van der Waals surface area contributed by atoms with Crippen LogP contribution in [0.25, 0.3) is 10.2 Å². The fraction of sp³-hybridized carbons (Fsp3) is 0.350. The van der Waals surface area contributed by atoms with Crippen molar-refractivity contribution in [2.75, 3.05) is 25.0 Å². The first-order chi connectivity index (χ1) is 13.6. The van der Waals surface area contributed by atoms with Crippen molar-refractivity contribution in [1.29, 1.82) is 0 Å². The molecule has 0 radical (unpaired) electrons. The van der Waals surface area contributed by atoms with Crippen molar-refractivity contribution in [2.45, 2.75) is 19.8 Å². The second-order valence-corrected chi connectivity index (χ2v) is 8.59. The number of thiophene rings is 1. The van der Waals surface area contributed by atoms with E-state index < -0.39 is 0 Å². The molecule has 4 rings (SSSR count). The van der Waals surface area contributed by atoms with Gasteiger partial charge in [-0.25, -0.2) is 4.98 Å². The van der Waals surface area contributed by atoms with Crippen LogP contribution >= 0.6 is 22.7 Å². The second kappa shape index (κ2) is 8.28. The Morgan fingerprint density at radius 2 is 2.11 bits per heavy atom. The van der Waals surface area contributed by atoms with Gasteiger partial charge in [0, 0.05) is 19.0 Å². The molecule has 0 atom stereocenters. The van der Waals surface area contributed by atoms with Crippen molar-refractivity contribution >= 4 is 49.8 Å². The van der Waals surface area contributed by atoms with Gasteiger partial charge in [0.25, 0.3) is 5.91 Å². The van der Waals surface area contributed by atoms with Crippen LogP contribution in [0.5, 0.6) is 5.75 Å². The summed E-state index contributed by atoms with van der Waals surface area (Å²) in [7, 11) is 0. The van der Waals surface area contributed by atoms with Gasteiger partial charge in [-0.3, -0.25) is 9.59 Å². The quantitative estimate of drug-likeness (QED) is 0.676. The lowest BCUT2D eigenvalue weighted by molar-refractivity contribution is -0.121. The Morgan fingerprint density at radius 1 is 1.29 bits per heavy atom. The van der Waals surface area contributed by atoms with Crippen LogP contribution in [0.1, 0.15) is 29.4 Å². The topological polar surface area (TPSA) is 71.5 Å². The number of benzene rings is 1. The molecule has 6 nitrogen and oxygen atoms in total. The maximum Gasteiger partial charge on any atom is 0.263 e. The molecule has 1 N–H and O–H groups in total. The predicted octanol–water partition coefficient (Wildman–Crippen LogP) is 4.25. The molecular formula is C20H21N3O3S2. The first-order valence-electron chi connectivity index (χ1n) is 9.31. The number of ether oxygens (including phenoxy) is 1. The van der Waals surface area contributed by atoms with Crippen LogP contribution in [0.4, 0.5) is 5.13 Å². The summed E-state index contributed by atoms with van der Waals surface area (Å²) in [4.78, 5) is 32.2. The van der Waals surface area contributed by atoms with Gasteiger partial charge in [-0.05, 0) is 49.4 Å². The van der Waals surface area contributed by atoms with Crippen LogP contribution < -0.4 is 10.1 Å². The van der Waals surface area contributed by atoms with Crippen LogP contribution in [0.3, 0.4) is 0 Å². The molecule has 3 aromatic rings. The van der Waals surface area contributed by atoms with E-state index in [1.807, 2.05) is 47.5 Å². The van der Waals surface area contributed by atoms with Gasteiger partial charge in [-0.2, -0.15) is 0 Å². The van der Waals surface area contributed by atoms with Crippen LogP contribution in [-0.2, 0) is 4.79 Å². The molecule has 2 aromatic heterocycles. The molecule has 1 saturated heterocycles. The molecule has 3 heterocycles. The highest BCUT2D eigenvalue weighted by Gasteiger charge is 2.28. The number of fused-ring (bicyclic) bond motifs is 1. The Kier molecular flexibility index (Phi) is 5.59. The van der Waals surface area contributed by atoms with Gasteiger partial charge in [0.2, 0.25) is 5.91 Å². The fourth-order valence-electron chi connectivity index (χ4n) is 3.32. The lowest BCUT2D eigenvalue weighted by Crippen LogP contribution is -2.41. The molecule has 0 spiro atoms. The number of anilines is 1. The Morgan fingerprint density at radius 3 is 2.82 bits per heavy atom. The summed E-state index contributed by atoms with van der Waals surface area (Å²) in [5.41, 5.74) is 0.847. The highest BCUT2D eigenvalue weighted by molar-refractivity contribution is 7.22. The van der Waals surface area contributed by atoms with Gasteiger partial charge in [0.05, 0.1) is 21.7 Å². The number of likely N-dealkylation sites (tertiary alicyclic amines) is 1. The summed E-state index contributed by atoms with van der Waals surface area (Å²) in [6, 6.07) is 9.46. The number of hydrogen-bond donors (Lipinski definition) is 1. The molecule has 1 aromatic carbocycles. The second-order valence-electron chi connectivity index (χ2n) is 6.61. The van der Waals surface area contributed by atoms with Crippen LogP contribution in [0.2, 0.25) is 0 Å². The predicted molar refractivity (Wildman–Crippen MR) is 112 cm³/mol. The summed E-state index contributed by atoms with van der Waals surface area (Å²) < 4.78 is 6.50. The molecule has 2 amide bonds. The first kappa shape index (κ1) is 18.9. The lowest BCUT2D eigenvalue weighted by atomic mass is 9.96. The third-order valence-electron chi connectivity index (χ3n) is 4.79. The monoisotopic (exact) mass is 415 g/mol. The van der Waals surface area contributed by atoms with E-state index in [1.54, 1.807) is 0 Å². The molecule has 1 aliphatic heterocycles. The Labute approximate surface area is 171 Å². The summed E-state index contributed by atoms with van der Waals surface area (Å²) in [5, 5.41) is 5.46. The maximum atomic E-state index is 12.6. The number of nitrogens with one attached hydrogen (secondary N) is 1. The molecule has 0 aliphatic carbocycles. The average molecular weight is 416 g/mol. The molecule has 8 heteroatoms. The molecule has 0 bridgehead atoms. The van der Waals surface area contributed by atoms with Gasteiger partial charge in [0.1, 0.15) is 5.75 Å². The third kappa shape index (κ3) is 4.02. The van der Waals surface area contributed by atoms with Gasteiger partial charge in [0.15, 0.2) is 5.13 Å². The van der Waals surface area contributed by atoms with E-state index in [-0.39, 0.29) is 17.7 Å². The summed E-state index contributed by atoms with van der Waals surface area (Å²) >= 11 is 2.90. The van der Waals surface area contributed by atoms with Gasteiger partial charge in [-0.15, -0.1) is 11.3 Å². The molecule has 1 fully saturated rings. The summed E-state index contributed by atoms with van der Waals surface area (Å²) in [6.07, 6.45) is 1.34. The Hall–Kier alpha value is -2.45. The number of hydrogen-bond acceptors (Lipinski definition) is 6. The van der Waals surface area contributed by atoms with Crippen LogP contribution in [0, 0.1) is 5.92 Å². The summed E-state index contributed by atoms with van der Waals surface area (Å²) in [5.74, 6) is 0.745. The van der Waals surface area contributed by atoms with Crippen molar-refractivity contribution in [1.82, 2.24) is 9.88 Å². The zero-order chi connectivity index (χ0) is 19.5. The van der Waals surface area contributed by atoms with Gasteiger partial charge in [-0.1, -0.05) is 17.4 Å². The zero-order valence-electron chi connectivity index (χ0n) is 15.5. The Bertz CT molecular complexity index is 976. The van der Waals surface area contributed by atoms with Crippen LogP contribution in [-0.4, -0.2) is 41.4 Å². The highest BCUT2D eigenvalue weighted by Crippen LogP contribution is 2.30. The zero-order valence-corrected chi connectivity index (χ0v) is 17.1. The van der Waals surface area contributed by atoms with E-state index in [4.69, 9.17) is 4.74 Å². The number of carbonyl (C=O) groups is 2. The molecule has 0 unspecified atom stereocenters. The van der Waals surface area contributed by atoms with Crippen molar-refractivity contribution < 1.29 is 14.3 Å². The number of carbonyl (C=O) groups excluding carboxylic acids is 2. The minimum atomic E-state index is -0.0987. The summed E-state index contributed by atoms with van der Waals surface area (Å²) in [6.45, 7) is 3.77. The Balaban J connectivity index is 1.35. The van der Waals surface area contributed by atoms with Gasteiger partial charge < -0.3 is 15.0 Å². The minimum absolute atomic E-state index is 0.0210. The molecule has 0 saturated carbocycles. The van der Waals surface area contributed by atoms with Crippen molar-refractivity contribution in [3.8, 4) is 5.75 Å². The van der Waals surface area contributed by atoms with Crippen molar-refractivity contribution in [3.05, 3.63) is 40.6 Å². The van der Waals surface area contributed by atoms with Gasteiger partial charge >= 0.3 is 0 Å². The van der Waals surface area contributed by atoms with E-state index in [9.17, 15) is 9.59 Å². The van der Waals surface area contributed by atoms with E-state index in [0.717, 1.165) is 20.8 Å². The third-order valence-corrected chi connectivity index (χ3v) is 6.58. The molecule has 146 valence electrons. The van der Waals surface area contributed by atoms with Crippen molar-refractivity contribution in [2.24, 2.45) is 5.92 Å². The van der Waals surface area contributed by atoms with Crippen molar-refractivity contribution in [3.63, 3.8) is 0 Å². The van der Waals surface area contributed by atoms with E-state index in [0.29, 0.717) is 37.7 Å². The smallest absolute Gasteiger partial charge is 0.263 e. The van der Waals surface area contributed by atoms with E-state index in [2.05, 4.69) is 10.3 Å². The standard InChI is InChI=1S/C20H21N3O3S2/c1-2-26-14-5-6-15-17(12-14)28-20(21-15)22-18(24)13-7-9-23(10-8-13)19(25)16-4-3-11-27-16/h3-6,11-13H,2,7-10H2,1H3,(H,21,22,24). The maximum absolute atomic E-state index is 12.6. The normalized spacial score (nSPS) is 15.0. The molecule has 1 aliphatic rings. The molecule has 28 heavy (non-hydrogen) atoms. The SMILES string of the molecule is CCOc1ccc2nc(NC(=O)C3CCN(C(=O)c4cccs4)CC3)sc2c1. The number of aromatic nitrogens is 1. The highest BCUT2D eigenvalue weighted by atomic mass is 32.1. The minimum Gasteiger partial charge on any atom is -0.494 e. The number of thiazole rings is 1. The first-order valence-corrected chi connectivity index (χ1v) is 11.0. The fourth-order valence-corrected chi connectivity index (χ4v) is 4.91. The number of nitrogens with zero attached hydrogens (tertiary/aromatic N) is 2. The van der Waals surface area contributed by atoms with E-state index in [1.165, 1.54) is 22.7 Å². The average Bonchev–Trinajstić information content (AvgIpc) is 3.37. The number of amides is 2. The van der Waals surface area contributed by atoms with Crippen LogP contribution in [0.15, 0.2) is 35.7 Å². The number of piperidine rings is 1. The van der Waals surface area contributed by atoms with E-state index >= 15 is 0 Å². The number of rotatable bonds is 5.